The lowest BCUT2D eigenvalue weighted by Crippen LogP contribution is -2.49. The van der Waals surface area contributed by atoms with E-state index in [1.165, 1.54) is 0 Å². The minimum Gasteiger partial charge on any atom is -0.480 e. The second-order valence-electron chi connectivity index (χ2n) is 5.59. The van der Waals surface area contributed by atoms with Gasteiger partial charge in [0.25, 0.3) is 0 Å². The SMILES string of the molecule is CN1CCOC(CN2c3ccccc3CC2C(=O)O)C1. The zero-order chi connectivity index (χ0) is 14.1. The molecule has 20 heavy (non-hydrogen) atoms. The van der Waals surface area contributed by atoms with Gasteiger partial charge in [-0.3, -0.25) is 0 Å². The third-order valence-electron chi connectivity index (χ3n) is 4.12. The van der Waals surface area contributed by atoms with Crippen molar-refractivity contribution in [2.75, 3.05) is 38.2 Å². The van der Waals surface area contributed by atoms with Crippen LogP contribution < -0.4 is 4.90 Å². The second-order valence-corrected chi connectivity index (χ2v) is 5.59. The van der Waals surface area contributed by atoms with Gasteiger partial charge in [0.15, 0.2) is 0 Å². The average Bonchev–Trinajstić information content (AvgIpc) is 2.78. The molecule has 2 aliphatic rings. The lowest BCUT2D eigenvalue weighted by molar-refractivity contribution is -0.138. The molecule has 1 saturated heterocycles. The topological polar surface area (TPSA) is 53.0 Å². The maximum absolute atomic E-state index is 11.5. The molecule has 0 bridgehead atoms. The normalized spacial score (nSPS) is 26.6. The van der Waals surface area contributed by atoms with E-state index in [0.29, 0.717) is 19.6 Å². The average molecular weight is 276 g/mol. The number of morpholine rings is 1. The highest BCUT2D eigenvalue weighted by molar-refractivity contribution is 5.82. The van der Waals surface area contributed by atoms with Gasteiger partial charge < -0.3 is 19.6 Å². The summed E-state index contributed by atoms with van der Waals surface area (Å²) < 4.78 is 5.78. The number of benzene rings is 1. The molecule has 1 aromatic carbocycles. The molecule has 0 aliphatic carbocycles. The molecule has 3 rings (SSSR count). The summed E-state index contributed by atoms with van der Waals surface area (Å²) in [6, 6.07) is 7.48. The molecular formula is C15H20N2O3. The van der Waals surface area contributed by atoms with Crippen LogP contribution in [-0.4, -0.2) is 61.4 Å². The van der Waals surface area contributed by atoms with E-state index in [1.54, 1.807) is 0 Å². The van der Waals surface area contributed by atoms with Gasteiger partial charge in [0.05, 0.1) is 12.7 Å². The summed E-state index contributed by atoms with van der Waals surface area (Å²) in [7, 11) is 2.07. The molecule has 5 nitrogen and oxygen atoms in total. The molecule has 1 aromatic rings. The number of anilines is 1. The number of carboxylic acids is 1. The van der Waals surface area contributed by atoms with Crippen LogP contribution in [0.25, 0.3) is 0 Å². The highest BCUT2D eigenvalue weighted by Crippen LogP contribution is 2.32. The minimum absolute atomic E-state index is 0.0711. The van der Waals surface area contributed by atoms with Gasteiger partial charge in [-0.15, -0.1) is 0 Å². The Morgan fingerprint density at radius 3 is 3.00 bits per heavy atom. The van der Waals surface area contributed by atoms with Gasteiger partial charge in [-0.2, -0.15) is 0 Å². The number of para-hydroxylation sites is 1. The van der Waals surface area contributed by atoms with Crippen molar-refractivity contribution >= 4 is 11.7 Å². The van der Waals surface area contributed by atoms with Gasteiger partial charge in [0.1, 0.15) is 6.04 Å². The van der Waals surface area contributed by atoms with E-state index in [2.05, 4.69) is 11.9 Å². The van der Waals surface area contributed by atoms with E-state index in [4.69, 9.17) is 4.74 Å². The fourth-order valence-electron chi connectivity index (χ4n) is 3.09. The predicted octanol–water partition coefficient (Wildman–Crippen LogP) is 0.833. The van der Waals surface area contributed by atoms with E-state index < -0.39 is 12.0 Å². The Morgan fingerprint density at radius 1 is 1.45 bits per heavy atom. The van der Waals surface area contributed by atoms with Gasteiger partial charge in [0, 0.05) is 31.7 Å². The van der Waals surface area contributed by atoms with Crippen LogP contribution in [0.4, 0.5) is 5.69 Å². The molecule has 108 valence electrons. The third-order valence-corrected chi connectivity index (χ3v) is 4.12. The van der Waals surface area contributed by atoms with E-state index in [-0.39, 0.29) is 6.10 Å². The van der Waals surface area contributed by atoms with Crippen LogP contribution in [0.1, 0.15) is 5.56 Å². The van der Waals surface area contributed by atoms with Crippen LogP contribution in [0.3, 0.4) is 0 Å². The van der Waals surface area contributed by atoms with Gasteiger partial charge in [-0.25, -0.2) is 4.79 Å². The third kappa shape index (κ3) is 2.51. The van der Waals surface area contributed by atoms with Crippen LogP contribution in [0, 0.1) is 0 Å². The van der Waals surface area contributed by atoms with Crippen molar-refractivity contribution in [3.8, 4) is 0 Å². The highest BCUT2D eigenvalue weighted by Gasteiger charge is 2.36. The first kappa shape index (κ1) is 13.4. The van der Waals surface area contributed by atoms with Crippen molar-refractivity contribution in [3.63, 3.8) is 0 Å². The summed E-state index contributed by atoms with van der Waals surface area (Å²) >= 11 is 0. The molecule has 2 atom stereocenters. The van der Waals surface area contributed by atoms with E-state index in [9.17, 15) is 9.90 Å². The Morgan fingerprint density at radius 2 is 2.25 bits per heavy atom. The molecule has 0 radical (unpaired) electrons. The first-order chi connectivity index (χ1) is 9.65. The van der Waals surface area contributed by atoms with E-state index in [0.717, 1.165) is 24.3 Å². The fraction of sp³-hybridized carbons (Fsp3) is 0.533. The molecule has 2 unspecified atom stereocenters. The molecule has 2 aliphatic heterocycles. The van der Waals surface area contributed by atoms with Crippen molar-refractivity contribution in [1.29, 1.82) is 0 Å². The molecule has 5 heteroatoms. The van der Waals surface area contributed by atoms with Crippen molar-refractivity contribution in [3.05, 3.63) is 29.8 Å². The Hall–Kier alpha value is -1.59. The number of hydrogen-bond donors (Lipinski definition) is 1. The Kier molecular flexibility index (Phi) is 3.63. The molecule has 1 fully saturated rings. The van der Waals surface area contributed by atoms with Gasteiger partial charge in [0.2, 0.25) is 0 Å². The minimum atomic E-state index is -0.759. The molecule has 0 amide bonds. The Bertz CT molecular complexity index is 506. The van der Waals surface area contributed by atoms with Gasteiger partial charge in [-0.1, -0.05) is 18.2 Å². The Balaban J connectivity index is 1.79. The number of fused-ring (bicyclic) bond motifs is 1. The number of carbonyl (C=O) groups is 1. The number of likely N-dealkylation sites (N-methyl/N-ethyl adjacent to an activating group) is 1. The van der Waals surface area contributed by atoms with Crippen LogP contribution in [-0.2, 0) is 16.0 Å². The van der Waals surface area contributed by atoms with E-state index in [1.807, 2.05) is 29.2 Å². The molecular weight excluding hydrogens is 256 g/mol. The van der Waals surface area contributed by atoms with Gasteiger partial charge in [-0.05, 0) is 18.7 Å². The van der Waals surface area contributed by atoms with Gasteiger partial charge >= 0.3 is 5.97 Å². The monoisotopic (exact) mass is 276 g/mol. The van der Waals surface area contributed by atoms with Crippen molar-refractivity contribution in [2.24, 2.45) is 0 Å². The summed E-state index contributed by atoms with van der Waals surface area (Å²) in [5, 5.41) is 9.44. The van der Waals surface area contributed by atoms with Crippen LogP contribution in [0.2, 0.25) is 0 Å². The molecule has 1 N–H and O–H groups in total. The van der Waals surface area contributed by atoms with Crippen LogP contribution in [0.15, 0.2) is 24.3 Å². The Labute approximate surface area is 118 Å². The van der Waals surface area contributed by atoms with Crippen molar-refractivity contribution in [1.82, 2.24) is 4.90 Å². The summed E-state index contributed by atoms with van der Waals surface area (Å²) in [4.78, 5) is 15.7. The first-order valence-electron chi connectivity index (χ1n) is 7.02. The zero-order valence-corrected chi connectivity index (χ0v) is 11.7. The fourth-order valence-corrected chi connectivity index (χ4v) is 3.09. The smallest absolute Gasteiger partial charge is 0.326 e. The lowest BCUT2D eigenvalue weighted by atomic mass is 10.1. The summed E-state index contributed by atoms with van der Waals surface area (Å²) in [5.41, 5.74) is 2.15. The maximum atomic E-state index is 11.5. The predicted molar refractivity (Wildman–Crippen MR) is 76.2 cm³/mol. The number of hydrogen-bond acceptors (Lipinski definition) is 4. The molecule has 0 aromatic heterocycles. The standard InChI is InChI=1S/C15H20N2O3/c1-16-6-7-20-12(9-16)10-17-13-5-3-2-4-11(13)8-14(17)15(18)19/h2-5,12,14H,6-10H2,1H3,(H,18,19). The molecule has 2 heterocycles. The number of nitrogens with zero attached hydrogens (tertiary/aromatic N) is 2. The molecule has 0 saturated carbocycles. The van der Waals surface area contributed by atoms with Crippen molar-refractivity contribution < 1.29 is 14.6 Å². The zero-order valence-electron chi connectivity index (χ0n) is 11.7. The van der Waals surface area contributed by atoms with Crippen LogP contribution >= 0.6 is 0 Å². The number of rotatable bonds is 3. The lowest BCUT2D eigenvalue weighted by Gasteiger charge is -2.35. The largest absolute Gasteiger partial charge is 0.480 e. The maximum Gasteiger partial charge on any atom is 0.326 e. The quantitative estimate of drug-likeness (QED) is 0.886. The summed E-state index contributed by atoms with van der Waals surface area (Å²) in [5.74, 6) is -0.759. The van der Waals surface area contributed by atoms with Crippen molar-refractivity contribution in [2.45, 2.75) is 18.6 Å². The summed E-state index contributed by atoms with van der Waals surface area (Å²) in [6.45, 7) is 3.15. The van der Waals surface area contributed by atoms with Crippen LogP contribution in [0.5, 0.6) is 0 Å². The first-order valence-corrected chi connectivity index (χ1v) is 7.02. The second kappa shape index (κ2) is 5.42. The number of aliphatic carboxylic acids is 1. The van der Waals surface area contributed by atoms with E-state index >= 15 is 0 Å². The summed E-state index contributed by atoms with van der Waals surface area (Å²) in [6.07, 6.45) is 0.649. The highest BCUT2D eigenvalue weighted by atomic mass is 16.5. The number of ether oxygens (including phenoxy) is 1. The number of carboxylic acid groups (broad SMARTS) is 1. The molecule has 0 spiro atoms.